The third-order valence-electron chi connectivity index (χ3n) is 3.03. The van der Waals surface area contributed by atoms with Crippen LogP contribution in [0.1, 0.15) is 24.5 Å². The number of nitrogens with one attached hydrogen (secondary N) is 2. The Hall–Kier alpha value is -1.68. The largest absolute Gasteiger partial charge is 0.326 e. The highest BCUT2D eigenvalue weighted by Gasteiger charge is 2.14. The number of hydrogen-bond donors (Lipinski definition) is 2. The van der Waals surface area contributed by atoms with Gasteiger partial charge in [-0.05, 0) is 43.5 Å². The number of fused-ring (bicyclic) bond motifs is 1. The minimum absolute atomic E-state index is 0.0957. The zero-order valence-electron chi connectivity index (χ0n) is 10.6. The lowest BCUT2D eigenvalue weighted by atomic mass is 9.99. The number of anilines is 1. The number of ketones is 1. The normalized spacial score (nSPS) is 13.9. The van der Waals surface area contributed by atoms with Crippen LogP contribution in [0.15, 0.2) is 18.2 Å². The molecule has 4 nitrogen and oxygen atoms in total. The molecule has 0 saturated heterocycles. The maximum atomic E-state index is 11.2. The number of Topliss-reactive ketones (excluding diaryl/α,β-unsaturated/α-hetero) is 1. The molecular formula is C14H18N2O2. The summed E-state index contributed by atoms with van der Waals surface area (Å²) < 4.78 is 0. The summed E-state index contributed by atoms with van der Waals surface area (Å²) >= 11 is 0. The fourth-order valence-corrected chi connectivity index (χ4v) is 2.09. The van der Waals surface area contributed by atoms with Crippen LogP contribution in [-0.4, -0.2) is 24.8 Å². The fraction of sp³-hybridized carbons (Fsp3) is 0.429. The standard InChI is InChI=1S/C14H18N2O2/c1-10(17)9-15-7-6-11-2-4-13-12(8-11)3-5-14(18)16-13/h2,4,8,15H,3,5-7,9H2,1H3,(H,16,18). The van der Waals surface area contributed by atoms with Crippen LogP contribution in [0.5, 0.6) is 0 Å². The average Bonchev–Trinajstić information content (AvgIpc) is 2.34. The van der Waals surface area contributed by atoms with Gasteiger partial charge < -0.3 is 10.6 Å². The van der Waals surface area contributed by atoms with Gasteiger partial charge in [0.15, 0.2) is 0 Å². The van der Waals surface area contributed by atoms with E-state index in [0.29, 0.717) is 13.0 Å². The molecule has 1 aromatic carbocycles. The average molecular weight is 246 g/mol. The number of carbonyl (C=O) groups is 2. The van der Waals surface area contributed by atoms with E-state index >= 15 is 0 Å². The lowest BCUT2D eigenvalue weighted by molar-refractivity contribution is -0.117. The second-order valence-electron chi connectivity index (χ2n) is 4.67. The second kappa shape index (κ2) is 5.78. The molecule has 0 bridgehead atoms. The van der Waals surface area contributed by atoms with Crippen molar-refractivity contribution >= 4 is 17.4 Å². The van der Waals surface area contributed by atoms with Crippen LogP contribution in [0.25, 0.3) is 0 Å². The first-order valence-electron chi connectivity index (χ1n) is 6.27. The van der Waals surface area contributed by atoms with E-state index in [1.165, 1.54) is 11.1 Å². The van der Waals surface area contributed by atoms with Crippen molar-refractivity contribution in [2.75, 3.05) is 18.4 Å². The summed E-state index contributed by atoms with van der Waals surface area (Å²) in [5.74, 6) is 0.251. The van der Waals surface area contributed by atoms with E-state index in [-0.39, 0.29) is 11.7 Å². The minimum Gasteiger partial charge on any atom is -0.326 e. The molecule has 2 N–H and O–H groups in total. The molecule has 0 atom stereocenters. The number of carbonyl (C=O) groups excluding carboxylic acids is 2. The highest BCUT2D eigenvalue weighted by atomic mass is 16.1. The molecule has 0 fully saturated rings. The molecular weight excluding hydrogens is 228 g/mol. The van der Waals surface area contributed by atoms with Gasteiger partial charge in [0, 0.05) is 12.1 Å². The van der Waals surface area contributed by atoms with Gasteiger partial charge in [-0.25, -0.2) is 0 Å². The molecule has 1 aliphatic heterocycles. The molecule has 0 aliphatic carbocycles. The van der Waals surface area contributed by atoms with Crippen LogP contribution in [-0.2, 0) is 22.4 Å². The van der Waals surface area contributed by atoms with E-state index in [2.05, 4.69) is 16.7 Å². The van der Waals surface area contributed by atoms with Crippen molar-refractivity contribution in [3.8, 4) is 0 Å². The first-order valence-corrected chi connectivity index (χ1v) is 6.27. The molecule has 0 saturated carbocycles. The van der Waals surface area contributed by atoms with Crippen LogP contribution < -0.4 is 10.6 Å². The van der Waals surface area contributed by atoms with Crippen LogP contribution in [0.4, 0.5) is 5.69 Å². The summed E-state index contributed by atoms with van der Waals surface area (Å²) in [6, 6.07) is 6.14. The predicted molar refractivity (Wildman–Crippen MR) is 70.6 cm³/mol. The quantitative estimate of drug-likeness (QED) is 0.770. The van der Waals surface area contributed by atoms with Gasteiger partial charge in [0.05, 0.1) is 6.54 Å². The molecule has 1 aliphatic rings. The second-order valence-corrected chi connectivity index (χ2v) is 4.67. The Morgan fingerprint density at radius 1 is 1.39 bits per heavy atom. The monoisotopic (exact) mass is 246 g/mol. The lowest BCUT2D eigenvalue weighted by Gasteiger charge is -2.17. The van der Waals surface area contributed by atoms with Crippen molar-refractivity contribution in [2.45, 2.75) is 26.2 Å². The van der Waals surface area contributed by atoms with Crippen molar-refractivity contribution in [1.82, 2.24) is 5.32 Å². The van der Waals surface area contributed by atoms with E-state index in [4.69, 9.17) is 0 Å². The molecule has 0 aromatic heterocycles. The Labute approximate surface area is 107 Å². The van der Waals surface area contributed by atoms with Gasteiger partial charge >= 0.3 is 0 Å². The van der Waals surface area contributed by atoms with Gasteiger partial charge in [-0.2, -0.15) is 0 Å². The molecule has 0 unspecified atom stereocenters. The van der Waals surface area contributed by atoms with E-state index < -0.39 is 0 Å². The molecule has 1 aromatic rings. The third kappa shape index (κ3) is 3.40. The Kier molecular flexibility index (Phi) is 4.10. The zero-order valence-corrected chi connectivity index (χ0v) is 10.6. The van der Waals surface area contributed by atoms with Crippen molar-refractivity contribution in [3.05, 3.63) is 29.3 Å². The first kappa shape index (κ1) is 12.8. The summed E-state index contributed by atoms with van der Waals surface area (Å²) in [6.45, 7) is 2.81. The topological polar surface area (TPSA) is 58.2 Å². The number of hydrogen-bond acceptors (Lipinski definition) is 3. The molecule has 0 radical (unpaired) electrons. The molecule has 2 rings (SSSR count). The van der Waals surface area contributed by atoms with Gasteiger partial charge in [0.25, 0.3) is 0 Å². The smallest absolute Gasteiger partial charge is 0.224 e. The van der Waals surface area contributed by atoms with Crippen LogP contribution in [0, 0.1) is 0 Å². The highest BCUT2D eigenvalue weighted by molar-refractivity contribution is 5.93. The summed E-state index contributed by atoms with van der Waals surface area (Å²) in [7, 11) is 0. The van der Waals surface area contributed by atoms with Crippen molar-refractivity contribution < 1.29 is 9.59 Å². The molecule has 0 spiro atoms. The Morgan fingerprint density at radius 3 is 3.00 bits per heavy atom. The van der Waals surface area contributed by atoms with Gasteiger partial charge in [-0.15, -0.1) is 0 Å². The highest BCUT2D eigenvalue weighted by Crippen LogP contribution is 2.23. The van der Waals surface area contributed by atoms with E-state index in [1.54, 1.807) is 6.92 Å². The number of amides is 1. The number of rotatable bonds is 5. The van der Waals surface area contributed by atoms with E-state index in [9.17, 15) is 9.59 Å². The maximum absolute atomic E-state index is 11.2. The summed E-state index contributed by atoms with van der Waals surface area (Å²) in [5, 5.41) is 5.97. The van der Waals surface area contributed by atoms with Gasteiger partial charge in [-0.3, -0.25) is 9.59 Å². The van der Waals surface area contributed by atoms with Gasteiger partial charge in [0.1, 0.15) is 5.78 Å². The summed E-state index contributed by atoms with van der Waals surface area (Å²) in [5.41, 5.74) is 3.38. The Bertz CT molecular complexity index is 469. The van der Waals surface area contributed by atoms with Gasteiger partial charge in [-0.1, -0.05) is 12.1 Å². The Morgan fingerprint density at radius 2 is 2.22 bits per heavy atom. The van der Waals surface area contributed by atoms with E-state index in [1.807, 2.05) is 12.1 Å². The molecule has 1 amide bonds. The summed E-state index contributed by atoms with van der Waals surface area (Å²) in [4.78, 5) is 22.0. The fourth-order valence-electron chi connectivity index (χ4n) is 2.09. The van der Waals surface area contributed by atoms with Crippen molar-refractivity contribution in [2.24, 2.45) is 0 Å². The number of benzene rings is 1. The molecule has 18 heavy (non-hydrogen) atoms. The molecule has 4 heteroatoms. The zero-order chi connectivity index (χ0) is 13.0. The minimum atomic E-state index is 0.0957. The van der Waals surface area contributed by atoms with E-state index in [0.717, 1.165) is 25.1 Å². The third-order valence-corrected chi connectivity index (χ3v) is 3.03. The maximum Gasteiger partial charge on any atom is 0.224 e. The predicted octanol–water partition coefficient (Wildman–Crippen LogP) is 1.29. The van der Waals surface area contributed by atoms with Crippen LogP contribution >= 0.6 is 0 Å². The lowest BCUT2D eigenvalue weighted by Crippen LogP contribution is -2.23. The van der Waals surface area contributed by atoms with Crippen LogP contribution in [0.2, 0.25) is 0 Å². The molecule has 96 valence electrons. The number of aryl methyl sites for hydroxylation is 1. The van der Waals surface area contributed by atoms with Gasteiger partial charge in [0.2, 0.25) is 5.91 Å². The first-order chi connectivity index (χ1) is 8.65. The SMILES string of the molecule is CC(=O)CNCCc1ccc2c(c1)CCC(=O)N2. The van der Waals surface area contributed by atoms with Crippen molar-refractivity contribution in [1.29, 1.82) is 0 Å². The van der Waals surface area contributed by atoms with Crippen molar-refractivity contribution in [3.63, 3.8) is 0 Å². The van der Waals surface area contributed by atoms with Crippen LogP contribution in [0.3, 0.4) is 0 Å². The molecule has 1 heterocycles. The Balaban J connectivity index is 1.91. The summed E-state index contributed by atoms with van der Waals surface area (Å²) in [6.07, 6.45) is 2.28.